The first-order valence-corrected chi connectivity index (χ1v) is 9.33. The molecule has 2 aromatic rings. The number of benzene rings is 1. The van der Waals surface area contributed by atoms with Gasteiger partial charge in [0.05, 0.1) is 17.5 Å². The lowest BCUT2D eigenvalue weighted by molar-refractivity contribution is -0.530. The van der Waals surface area contributed by atoms with Crippen molar-refractivity contribution in [2.24, 2.45) is 5.73 Å². The summed E-state index contributed by atoms with van der Waals surface area (Å²) in [5, 5.41) is 11.8. The summed E-state index contributed by atoms with van der Waals surface area (Å²) in [6.45, 7) is 0.137. The number of hydrogen-bond donors (Lipinski definition) is 4. The first kappa shape index (κ1) is 21.2. The molecule has 0 bridgehead atoms. The average molecular weight is 414 g/mol. The van der Waals surface area contributed by atoms with E-state index in [0.717, 1.165) is 35.4 Å². The van der Waals surface area contributed by atoms with Crippen LogP contribution in [0.1, 0.15) is 20.8 Å². The molecule has 0 saturated carbocycles. The summed E-state index contributed by atoms with van der Waals surface area (Å²) < 4.78 is 26.8. The van der Waals surface area contributed by atoms with Crippen LogP contribution in [0.3, 0.4) is 0 Å². The Morgan fingerprint density at radius 2 is 2.15 bits per heavy atom. The van der Waals surface area contributed by atoms with E-state index in [9.17, 15) is 13.6 Å². The van der Waals surface area contributed by atoms with Gasteiger partial charge in [-0.15, -0.1) is 11.3 Å². The van der Waals surface area contributed by atoms with Crippen LogP contribution in [0.15, 0.2) is 30.3 Å². The smallest absolute Gasteiger partial charge is 0.261 e. The van der Waals surface area contributed by atoms with Gasteiger partial charge in [0, 0.05) is 24.9 Å². The zero-order valence-electron chi connectivity index (χ0n) is 14.6. The number of carbonyl (C=O) groups is 1. The van der Waals surface area contributed by atoms with Gasteiger partial charge in [-0.05, 0) is 30.2 Å². The van der Waals surface area contributed by atoms with Crippen molar-refractivity contribution in [3.8, 4) is 0 Å². The van der Waals surface area contributed by atoms with E-state index in [0.29, 0.717) is 20.3 Å². The van der Waals surface area contributed by atoms with E-state index in [1.807, 2.05) is 7.05 Å². The predicted octanol–water partition coefficient (Wildman–Crippen LogP) is 2.16. The van der Waals surface area contributed by atoms with E-state index in [1.165, 1.54) is 6.07 Å². The number of hydrogen-bond acceptors (Lipinski definition) is 4. The Bertz CT molecular complexity index is 869. The summed E-state index contributed by atoms with van der Waals surface area (Å²) in [4.78, 5) is 12.9. The number of quaternary nitrogens is 1. The highest BCUT2D eigenvalue weighted by Crippen LogP contribution is 2.30. The fourth-order valence-electron chi connectivity index (χ4n) is 2.51. The van der Waals surface area contributed by atoms with Crippen molar-refractivity contribution < 1.29 is 18.9 Å². The minimum atomic E-state index is -0.939. The lowest BCUT2D eigenvalue weighted by Crippen LogP contribution is -2.76. The third-order valence-corrected chi connectivity index (χ3v) is 5.24. The molecule has 6 N–H and O–H groups in total. The second kappa shape index (κ2) is 9.70. The number of amides is 1. The van der Waals surface area contributed by atoms with Crippen LogP contribution in [0, 0.1) is 17.0 Å². The van der Waals surface area contributed by atoms with Crippen LogP contribution >= 0.6 is 22.9 Å². The monoisotopic (exact) mass is 413 g/mol. The summed E-state index contributed by atoms with van der Waals surface area (Å²) in [5.41, 5.74) is 7.66. The number of carbonyl (C=O) groups excluding carboxylic acids is 1. The summed E-state index contributed by atoms with van der Waals surface area (Å²) in [6, 6.07) is 4.81. The van der Waals surface area contributed by atoms with Gasteiger partial charge in [-0.1, -0.05) is 17.7 Å². The van der Waals surface area contributed by atoms with E-state index >= 15 is 0 Å². The molecule has 0 aliphatic rings. The van der Waals surface area contributed by atoms with Crippen LogP contribution in [0.2, 0.25) is 4.34 Å². The quantitative estimate of drug-likeness (QED) is 0.499. The number of halogens is 3. The van der Waals surface area contributed by atoms with Crippen molar-refractivity contribution >= 4 is 40.8 Å². The Morgan fingerprint density at radius 3 is 2.74 bits per heavy atom. The van der Waals surface area contributed by atoms with Crippen molar-refractivity contribution in [1.29, 1.82) is 5.41 Å². The third kappa shape index (κ3) is 5.43. The fourth-order valence-corrected chi connectivity index (χ4v) is 3.73. The number of nitrogens with one attached hydrogen (secondary N) is 2. The summed E-state index contributed by atoms with van der Waals surface area (Å²) in [7, 11) is 1.81. The third-order valence-electron chi connectivity index (χ3n) is 3.88. The molecule has 1 heterocycles. The van der Waals surface area contributed by atoms with Crippen molar-refractivity contribution in [3.05, 3.63) is 62.3 Å². The molecule has 27 heavy (non-hydrogen) atoms. The van der Waals surface area contributed by atoms with Gasteiger partial charge in [0.25, 0.3) is 5.91 Å². The normalized spacial score (nSPS) is 12.7. The molecule has 0 saturated heterocycles. The Balaban J connectivity index is 2.13. The maximum atomic E-state index is 13.3. The molecule has 0 radical (unpaired) electrons. The van der Waals surface area contributed by atoms with Gasteiger partial charge in [-0.3, -0.25) is 4.79 Å². The van der Waals surface area contributed by atoms with Crippen LogP contribution in [0.25, 0.3) is 5.70 Å². The number of nitrogens with two attached hydrogens (primary N) is 2. The van der Waals surface area contributed by atoms with Gasteiger partial charge in [-0.25, -0.2) is 8.78 Å². The van der Waals surface area contributed by atoms with E-state index in [1.54, 1.807) is 17.5 Å². The Kier molecular flexibility index (Phi) is 7.61. The lowest BCUT2D eigenvalue weighted by atomic mass is 10.1. The van der Waals surface area contributed by atoms with Gasteiger partial charge >= 0.3 is 0 Å². The molecule has 0 aliphatic heterocycles. The molecule has 1 aromatic carbocycles. The highest BCUT2D eigenvalue weighted by atomic mass is 35.5. The predicted molar refractivity (Wildman–Crippen MR) is 104 cm³/mol. The molecular weight excluding hydrogens is 394 g/mol. The van der Waals surface area contributed by atoms with Gasteiger partial charge in [0.1, 0.15) is 10.0 Å². The van der Waals surface area contributed by atoms with Crippen LogP contribution in [0.5, 0.6) is 0 Å². The molecule has 1 atom stereocenters. The standard InChI is InChI=1S/C18H19ClF2N4OS/c1-24-15(4-5-22)12-8-16(27-17(12)19)18(26)25-11(9-23)6-10-2-3-13(20)14(21)7-10/h2-5,7-8,11,22,24H,6,9,23H2,1H3,(H,25,26)/p+1. The molecule has 9 heteroatoms. The van der Waals surface area contributed by atoms with Crippen molar-refractivity contribution in [3.63, 3.8) is 0 Å². The number of allylic oxidation sites excluding steroid dienone is 1. The van der Waals surface area contributed by atoms with E-state index < -0.39 is 17.7 Å². The molecule has 0 aliphatic carbocycles. The SMILES string of the molecule is C[NH2+]C(=CC=N)c1cc(C(=O)NC(CN)Cc2ccc(F)c(F)c2)sc1Cl. The topological polar surface area (TPSA) is 95.6 Å². The first-order chi connectivity index (χ1) is 12.9. The van der Waals surface area contributed by atoms with E-state index in [4.69, 9.17) is 22.7 Å². The van der Waals surface area contributed by atoms with Gasteiger partial charge in [-0.2, -0.15) is 0 Å². The fraction of sp³-hybridized carbons (Fsp3) is 0.222. The molecule has 0 fully saturated rings. The maximum absolute atomic E-state index is 13.3. The second-order valence-electron chi connectivity index (χ2n) is 5.73. The molecule has 1 aromatic heterocycles. The van der Waals surface area contributed by atoms with Crippen molar-refractivity contribution in [2.75, 3.05) is 13.6 Å². The van der Waals surface area contributed by atoms with Gasteiger partial charge < -0.3 is 21.8 Å². The van der Waals surface area contributed by atoms with Crippen molar-refractivity contribution in [2.45, 2.75) is 12.5 Å². The second-order valence-corrected chi connectivity index (χ2v) is 7.39. The van der Waals surface area contributed by atoms with Crippen LogP contribution < -0.4 is 16.4 Å². The van der Waals surface area contributed by atoms with Crippen LogP contribution in [-0.2, 0) is 6.42 Å². The minimum Gasteiger partial charge on any atom is -0.347 e. The number of thiophene rings is 1. The van der Waals surface area contributed by atoms with Gasteiger partial charge in [0.2, 0.25) is 0 Å². The first-order valence-electron chi connectivity index (χ1n) is 8.14. The van der Waals surface area contributed by atoms with Gasteiger partial charge in [0.15, 0.2) is 11.6 Å². The molecular formula is C18H20ClF2N4OS+. The molecule has 5 nitrogen and oxygen atoms in total. The summed E-state index contributed by atoms with van der Waals surface area (Å²) in [6.07, 6.45) is 3.00. The summed E-state index contributed by atoms with van der Waals surface area (Å²) in [5.74, 6) is -2.21. The van der Waals surface area contributed by atoms with Crippen molar-refractivity contribution in [1.82, 2.24) is 5.32 Å². The molecule has 1 amide bonds. The van der Waals surface area contributed by atoms with E-state index in [-0.39, 0.29) is 18.9 Å². The highest BCUT2D eigenvalue weighted by Gasteiger charge is 2.20. The largest absolute Gasteiger partial charge is 0.347 e. The van der Waals surface area contributed by atoms with Crippen LogP contribution in [-0.4, -0.2) is 31.8 Å². The highest BCUT2D eigenvalue weighted by molar-refractivity contribution is 7.18. The lowest BCUT2D eigenvalue weighted by Gasteiger charge is -2.16. The van der Waals surface area contributed by atoms with E-state index in [2.05, 4.69) is 5.32 Å². The average Bonchev–Trinajstić information content (AvgIpc) is 3.03. The zero-order chi connectivity index (χ0) is 20.0. The summed E-state index contributed by atoms with van der Waals surface area (Å²) >= 11 is 7.35. The molecule has 144 valence electrons. The Hall–Kier alpha value is -2.13. The molecule has 1 unspecified atom stereocenters. The maximum Gasteiger partial charge on any atom is 0.261 e. The van der Waals surface area contributed by atoms with Crippen LogP contribution in [0.4, 0.5) is 8.78 Å². The molecule has 0 spiro atoms. The Morgan fingerprint density at radius 1 is 1.41 bits per heavy atom. The zero-order valence-corrected chi connectivity index (χ0v) is 16.1. The minimum absolute atomic E-state index is 0.137. The number of rotatable bonds is 8. The Labute approximate surface area is 164 Å². The molecule has 2 rings (SSSR count).